The summed E-state index contributed by atoms with van der Waals surface area (Å²) in [5.74, 6) is 0.0178. The van der Waals surface area contributed by atoms with Gasteiger partial charge in [-0.3, -0.25) is 14.5 Å². The molecule has 1 aliphatic heterocycles. The number of hydrogen-bond acceptors (Lipinski definition) is 6. The van der Waals surface area contributed by atoms with E-state index in [4.69, 9.17) is 4.74 Å². The number of hydrogen-bond donors (Lipinski definition) is 2. The molecule has 0 atom stereocenters. The summed E-state index contributed by atoms with van der Waals surface area (Å²) in [7, 11) is 0. The van der Waals surface area contributed by atoms with Crippen LogP contribution in [0.5, 0.6) is 11.5 Å². The number of carbonyl (C=O) groups is 2. The Balaban J connectivity index is 1.61. The van der Waals surface area contributed by atoms with Crippen molar-refractivity contribution in [3.8, 4) is 17.6 Å². The van der Waals surface area contributed by atoms with Crippen LogP contribution in [0.4, 0.5) is 5.69 Å². The zero-order valence-electron chi connectivity index (χ0n) is 17.0. The lowest BCUT2D eigenvalue weighted by Gasteiger charge is -2.13. The topological polar surface area (TPSA) is 103 Å². The number of aliphatic hydroxyl groups excluding tert-OH is 1. The van der Waals surface area contributed by atoms with Crippen LogP contribution in [0.15, 0.2) is 84.6 Å². The molecule has 0 saturated carbocycles. The lowest BCUT2D eigenvalue weighted by atomic mass is 10.0. The number of imide groups is 1. The first-order valence-electron chi connectivity index (χ1n) is 9.93. The zero-order chi connectivity index (χ0) is 22.5. The van der Waals surface area contributed by atoms with Crippen molar-refractivity contribution in [1.29, 1.82) is 5.26 Å². The van der Waals surface area contributed by atoms with E-state index in [1.54, 1.807) is 72.8 Å². The van der Waals surface area contributed by atoms with Crippen molar-refractivity contribution in [3.05, 3.63) is 95.7 Å². The molecule has 2 amide bonds. The van der Waals surface area contributed by atoms with E-state index >= 15 is 0 Å². The van der Waals surface area contributed by atoms with Crippen molar-refractivity contribution in [2.75, 3.05) is 18.5 Å². The second-order valence-corrected chi connectivity index (χ2v) is 6.96. The Kier molecular flexibility index (Phi) is 5.97. The number of nitrogens with one attached hydrogen (secondary N) is 1. The number of rotatable bonds is 7. The van der Waals surface area contributed by atoms with Gasteiger partial charge in [0.25, 0.3) is 11.8 Å². The lowest BCUT2D eigenvalue weighted by molar-refractivity contribution is -0.137. The van der Waals surface area contributed by atoms with Gasteiger partial charge in [-0.05, 0) is 42.0 Å². The third kappa shape index (κ3) is 4.08. The normalized spacial score (nSPS) is 13.3. The molecule has 7 heteroatoms. The molecule has 2 N–H and O–H groups in total. The molecule has 0 bridgehead atoms. The maximum atomic E-state index is 12.9. The van der Waals surface area contributed by atoms with Crippen LogP contribution in [-0.2, 0) is 9.59 Å². The van der Waals surface area contributed by atoms with Crippen LogP contribution in [0.3, 0.4) is 0 Å². The third-order valence-corrected chi connectivity index (χ3v) is 4.91. The van der Waals surface area contributed by atoms with Gasteiger partial charge in [0.1, 0.15) is 23.3 Å². The summed E-state index contributed by atoms with van der Waals surface area (Å²) in [6.07, 6.45) is 0. The monoisotopic (exact) mass is 425 g/mol. The SMILES string of the molecule is N#Cc1ccccc1Oc1ccc(NC2=C(c3ccccc3)C(=O)N(CCO)C2=O)cc1. The molecule has 4 rings (SSSR count). The summed E-state index contributed by atoms with van der Waals surface area (Å²) in [4.78, 5) is 26.8. The molecule has 1 heterocycles. The highest BCUT2D eigenvalue weighted by Gasteiger charge is 2.38. The van der Waals surface area contributed by atoms with E-state index in [0.29, 0.717) is 28.3 Å². The number of aliphatic hydroxyl groups is 1. The van der Waals surface area contributed by atoms with E-state index in [1.165, 1.54) is 0 Å². The zero-order valence-corrected chi connectivity index (χ0v) is 17.0. The van der Waals surface area contributed by atoms with E-state index < -0.39 is 11.8 Å². The molecular formula is C25H19N3O4. The molecular weight excluding hydrogens is 406 g/mol. The smallest absolute Gasteiger partial charge is 0.278 e. The molecule has 158 valence electrons. The van der Waals surface area contributed by atoms with Crippen molar-refractivity contribution in [2.24, 2.45) is 0 Å². The molecule has 3 aromatic carbocycles. The minimum atomic E-state index is -0.494. The maximum absolute atomic E-state index is 12.9. The average Bonchev–Trinajstić information content (AvgIpc) is 3.05. The van der Waals surface area contributed by atoms with Gasteiger partial charge >= 0.3 is 0 Å². The molecule has 7 nitrogen and oxygen atoms in total. The maximum Gasteiger partial charge on any atom is 0.278 e. The summed E-state index contributed by atoms with van der Waals surface area (Å²) < 4.78 is 5.78. The van der Waals surface area contributed by atoms with Gasteiger partial charge in [0.2, 0.25) is 0 Å². The van der Waals surface area contributed by atoms with E-state index in [9.17, 15) is 20.0 Å². The van der Waals surface area contributed by atoms with Gasteiger partial charge < -0.3 is 15.2 Å². The largest absolute Gasteiger partial charge is 0.456 e. The number of para-hydroxylation sites is 1. The van der Waals surface area contributed by atoms with E-state index in [1.807, 2.05) is 6.07 Å². The third-order valence-electron chi connectivity index (χ3n) is 4.91. The molecule has 1 aliphatic rings. The fraction of sp³-hybridized carbons (Fsp3) is 0.0800. The van der Waals surface area contributed by atoms with Crippen LogP contribution in [0.2, 0.25) is 0 Å². The fourth-order valence-corrected chi connectivity index (χ4v) is 3.39. The highest BCUT2D eigenvalue weighted by molar-refractivity contribution is 6.36. The first kappa shape index (κ1) is 20.8. The Morgan fingerprint density at radius 2 is 1.59 bits per heavy atom. The molecule has 3 aromatic rings. The number of ether oxygens (including phenoxy) is 1. The first-order chi connectivity index (χ1) is 15.6. The quantitative estimate of drug-likeness (QED) is 0.562. The summed E-state index contributed by atoms with van der Waals surface area (Å²) in [5.41, 5.74) is 2.03. The Morgan fingerprint density at radius 3 is 2.28 bits per heavy atom. The first-order valence-corrected chi connectivity index (χ1v) is 9.93. The van der Waals surface area contributed by atoms with Crippen LogP contribution >= 0.6 is 0 Å². The van der Waals surface area contributed by atoms with Crippen molar-refractivity contribution in [3.63, 3.8) is 0 Å². The minimum absolute atomic E-state index is 0.0791. The number of anilines is 1. The van der Waals surface area contributed by atoms with Crippen LogP contribution < -0.4 is 10.1 Å². The number of amides is 2. The molecule has 0 spiro atoms. The highest BCUT2D eigenvalue weighted by atomic mass is 16.5. The van der Waals surface area contributed by atoms with E-state index in [0.717, 1.165) is 4.90 Å². The summed E-state index contributed by atoms with van der Waals surface area (Å²) >= 11 is 0. The minimum Gasteiger partial charge on any atom is -0.456 e. The predicted octanol–water partition coefficient (Wildman–Crippen LogP) is 3.53. The molecule has 0 saturated heterocycles. The van der Waals surface area contributed by atoms with Crippen molar-refractivity contribution in [1.82, 2.24) is 4.90 Å². The van der Waals surface area contributed by atoms with E-state index in [-0.39, 0.29) is 24.4 Å². The predicted molar refractivity (Wildman–Crippen MR) is 118 cm³/mol. The molecule has 0 aliphatic carbocycles. The Morgan fingerprint density at radius 1 is 0.906 bits per heavy atom. The number of carbonyl (C=O) groups excluding carboxylic acids is 2. The average molecular weight is 425 g/mol. The Bertz CT molecular complexity index is 1230. The Labute approximate surface area is 184 Å². The summed E-state index contributed by atoms with van der Waals surface area (Å²) in [6, 6.07) is 24.8. The standard InChI is InChI=1S/C25H19N3O4/c26-16-18-8-4-5-9-21(18)32-20-12-10-19(11-13-20)27-23-22(17-6-2-1-3-7-17)24(30)28(14-15-29)25(23)31/h1-13,27,29H,14-15H2. The number of benzene rings is 3. The highest BCUT2D eigenvalue weighted by Crippen LogP contribution is 2.31. The van der Waals surface area contributed by atoms with Gasteiger partial charge in [0.05, 0.1) is 24.3 Å². The fourth-order valence-electron chi connectivity index (χ4n) is 3.39. The van der Waals surface area contributed by atoms with Crippen LogP contribution in [-0.4, -0.2) is 35.0 Å². The number of β-amino-alcohol motifs (C(OH)–C–C–N with tert-alkyl or cyclic N) is 1. The lowest BCUT2D eigenvalue weighted by Crippen LogP contribution is -2.34. The Hall–Kier alpha value is -4.41. The van der Waals surface area contributed by atoms with Crippen molar-refractivity contribution in [2.45, 2.75) is 0 Å². The van der Waals surface area contributed by atoms with Crippen LogP contribution in [0.25, 0.3) is 5.57 Å². The van der Waals surface area contributed by atoms with Crippen LogP contribution in [0, 0.1) is 11.3 Å². The van der Waals surface area contributed by atoms with Gasteiger partial charge in [-0.15, -0.1) is 0 Å². The molecule has 0 radical (unpaired) electrons. The van der Waals surface area contributed by atoms with Gasteiger partial charge in [-0.1, -0.05) is 42.5 Å². The summed E-state index contributed by atoms with van der Waals surface area (Å²) in [6.45, 7) is -0.396. The van der Waals surface area contributed by atoms with Gasteiger partial charge in [-0.25, -0.2) is 0 Å². The number of nitrogens with zero attached hydrogens (tertiary/aromatic N) is 2. The van der Waals surface area contributed by atoms with Crippen molar-refractivity contribution < 1.29 is 19.4 Å². The van der Waals surface area contributed by atoms with Gasteiger partial charge in [0, 0.05) is 5.69 Å². The molecule has 0 aromatic heterocycles. The second-order valence-electron chi connectivity index (χ2n) is 6.96. The van der Waals surface area contributed by atoms with Gasteiger partial charge in [0.15, 0.2) is 0 Å². The summed E-state index contributed by atoms with van der Waals surface area (Å²) in [5, 5.41) is 21.5. The van der Waals surface area contributed by atoms with Gasteiger partial charge in [-0.2, -0.15) is 5.26 Å². The van der Waals surface area contributed by atoms with Crippen molar-refractivity contribution >= 4 is 23.1 Å². The molecule has 0 unspecified atom stereocenters. The van der Waals surface area contributed by atoms with Crippen LogP contribution in [0.1, 0.15) is 11.1 Å². The number of nitriles is 1. The molecule has 32 heavy (non-hydrogen) atoms. The van der Waals surface area contributed by atoms with E-state index in [2.05, 4.69) is 11.4 Å². The second kappa shape index (κ2) is 9.16. The molecule has 0 fully saturated rings.